The van der Waals surface area contributed by atoms with Gasteiger partial charge in [-0.15, -0.1) is 6.58 Å². The van der Waals surface area contributed by atoms with Gasteiger partial charge in [-0.2, -0.15) is 0 Å². The van der Waals surface area contributed by atoms with Gasteiger partial charge in [0.2, 0.25) is 0 Å². The van der Waals surface area contributed by atoms with Gasteiger partial charge in [0.25, 0.3) is 0 Å². The van der Waals surface area contributed by atoms with Crippen molar-refractivity contribution in [3.63, 3.8) is 0 Å². The number of hydrogen-bond donors (Lipinski definition) is 2. The number of nitrogens with two attached hydrogens (primary N) is 1. The van der Waals surface area contributed by atoms with E-state index in [4.69, 9.17) is 5.73 Å². The number of benzene rings is 1. The Bertz CT molecular complexity index is 344. The van der Waals surface area contributed by atoms with Crippen LogP contribution in [0.25, 0.3) is 0 Å². The van der Waals surface area contributed by atoms with Gasteiger partial charge in [-0.25, -0.2) is 0 Å². The summed E-state index contributed by atoms with van der Waals surface area (Å²) in [5.74, 6) is 0.287. The van der Waals surface area contributed by atoms with E-state index in [-0.39, 0.29) is 11.8 Å². The van der Waals surface area contributed by atoms with Crippen molar-refractivity contribution >= 4 is 0 Å². The highest BCUT2D eigenvalue weighted by Crippen LogP contribution is 2.28. The molecule has 1 atom stereocenters. The third kappa shape index (κ3) is 1.96. The first-order chi connectivity index (χ1) is 6.60. The molecule has 0 heterocycles. The summed E-state index contributed by atoms with van der Waals surface area (Å²) in [6.07, 6.45) is 2.58. The molecular formula is C12H17NO. The highest BCUT2D eigenvalue weighted by Gasteiger charge is 2.10. The van der Waals surface area contributed by atoms with Crippen molar-refractivity contribution in [2.45, 2.75) is 26.3 Å². The number of aryl methyl sites for hydroxylation is 2. The zero-order chi connectivity index (χ0) is 10.7. The average Bonchev–Trinajstić information content (AvgIpc) is 2.20. The Balaban J connectivity index is 3.26. The second kappa shape index (κ2) is 4.29. The van der Waals surface area contributed by atoms with Crippen LogP contribution in [0.15, 0.2) is 24.8 Å². The lowest BCUT2D eigenvalue weighted by molar-refractivity contribution is 0.461. The Morgan fingerprint density at radius 2 is 2.21 bits per heavy atom. The lowest BCUT2D eigenvalue weighted by Gasteiger charge is -2.13. The minimum absolute atomic E-state index is 0.287. The molecule has 3 N–H and O–H groups in total. The van der Waals surface area contributed by atoms with Crippen molar-refractivity contribution in [2.75, 3.05) is 0 Å². The molecule has 1 aromatic rings. The predicted octanol–water partition coefficient (Wildman–Crippen LogP) is 2.45. The van der Waals surface area contributed by atoms with E-state index in [0.29, 0.717) is 0 Å². The Labute approximate surface area is 85.1 Å². The van der Waals surface area contributed by atoms with Crippen LogP contribution in [0, 0.1) is 6.92 Å². The van der Waals surface area contributed by atoms with Crippen LogP contribution in [0.4, 0.5) is 0 Å². The van der Waals surface area contributed by atoms with Crippen molar-refractivity contribution in [2.24, 2.45) is 5.73 Å². The first-order valence-corrected chi connectivity index (χ1v) is 4.80. The van der Waals surface area contributed by atoms with Gasteiger partial charge in [-0.05, 0) is 24.5 Å². The lowest BCUT2D eigenvalue weighted by Crippen LogP contribution is -2.07. The predicted molar refractivity (Wildman–Crippen MR) is 59.3 cm³/mol. The maximum Gasteiger partial charge on any atom is 0.123 e. The molecule has 0 aromatic heterocycles. The molecule has 0 unspecified atom stereocenters. The standard InChI is InChI=1S/C12H17NO/c1-4-9-6-8(3)12(14)10(7-9)11(13)5-2/h5-7,11,14H,2,4,13H2,1,3H3/t11-/m1/s1. The monoisotopic (exact) mass is 191 g/mol. The highest BCUT2D eigenvalue weighted by atomic mass is 16.3. The molecule has 0 saturated heterocycles. The molecule has 0 saturated carbocycles. The van der Waals surface area contributed by atoms with Crippen LogP contribution in [-0.2, 0) is 6.42 Å². The van der Waals surface area contributed by atoms with Crippen molar-refractivity contribution in [3.05, 3.63) is 41.5 Å². The van der Waals surface area contributed by atoms with E-state index >= 15 is 0 Å². The zero-order valence-electron chi connectivity index (χ0n) is 8.75. The van der Waals surface area contributed by atoms with E-state index in [1.807, 2.05) is 19.1 Å². The fraction of sp³-hybridized carbons (Fsp3) is 0.333. The molecule has 0 aliphatic heterocycles. The van der Waals surface area contributed by atoms with E-state index in [9.17, 15) is 5.11 Å². The van der Waals surface area contributed by atoms with Gasteiger partial charge in [-0.3, -0.25) is 0 Å². The molecule has 14 heavy (non-hydrogen) atoms. The first-order valence-electron chi connectivity index (χ1n) is 4.80. The van der Waals surface area contributed by atoms with Crippen LogP contribution < -0.4 is 5.73 Å². The van der Waals surface area contributed by atoms with Gasteiger partial charge in [0, 0.05) is 5.56 Å². The largest absolute Gasteiger partial charge is 0.507 e. The maximum atomic E-state index is 9.79. The Kier molecular flexibility index (Phi) is 3.31. The quantitative estimate of drug-likeness (QED) is 0.721. The van der Waals surface area contributed by atoms with Crippen LogP contribution in [0.1, 0.15) is 29.7 Å². The van der Waals surface area contributed by atoms with Gasteiger partial charge >= 0.3 is 0 Å². The Morgan fingerprint density at radius 3 is 2.71 bits per heavy atom. The van der Waals surface area contributed by atoms with E-state index in [1.54, 1.807) is 6.08 Å². The molecule has 1 rings (SSSR count). The van der Waals surface area contributed by atoms with E-state index in [0.717, 1.165) is 17.5 Å². The average molecular weight is 191 g/mol. The summed E-state index contributed by atoms with van der Waals surface area (Å²) >= 11 is 0. The van der Waals surface area contributed by atoms with Crippen LogP contribution in [0.5, 0.6) is 5.75 Å². The first kappa shape index (κ1) is 10.8. The number of phenols is 1. The van der Waals surface area contributed by atoms with Crippen LogP contribution in [0.2, 0.25) is 0 Å². The molecule has 2 heteroatoms. The minimum Gasteiger partial charge on any atom is -0.507 e. The molecule has 76 valence electrons. The second-order valence-corrected chi connectivity index (χ2v) is 3.47. The number of phenolic OH excluding ortho intramolecular Hbond substituents is 1. The summed E-state index contributed by atoms with van der Waals surface area (Å²) in [6.45, 7) is 7.59. The molecule has 0 aliphatic carbocycles. The molecule has 0 radical (unpaired) electrons. The van der Waals surface area contributed by atoms with Gasteiger partial charge in [0.05, 0.1) is 6.04 Å². The molecule has 2 nitrogen and oxygen atoms in total. The summed E-state index contributed by atoms with van der Waals surface area (Å²) in [5, 5.41) is 9.79. The van der Waals surface area contributed by atoms with Crippen LogP contribution in [-0.4, -0.2) is 5.11 Å². The summed E-state index contributed by atoms with van der Waals surface area (Å²) < 4.78 is 0. The second-order valence-electron chi connectivity index (χ2n) is 3.47. The molecule has 0 bridgehead atoms. The normalized spacial score (nSPS) is 12.5. The topological polar surface area (TPSA) is 46.2 Å². The summed E-state index contributed by atoms with van der Waals surface area (Å²) in [6, 6.07) is 3.63. The van der Waals surface area contributed by atoms with Crippen LogP contribution in [0.3, 0.4) is 0 Å². The molecule has 0 fully saturated rings. The summed E-state index contributed by atoms with van der Waals surface area (Å²) in [5.41, 5.74) is 8.63. The van der Waals surface area contributed by atoms with Gasteiger partial charge in [-0.1, -0.05) is 25.1 Å². The number of hydrogen-bond acceptors (Lipinski definition) is 2. The third-order valence-corrected chi connectivity index (χ3v) is 2.41. The van der Waals surface area contributed by atoms with Gasteiger partial charge < -0.3 is 10.8 Å². The van der Waals surface area contributed by atoms with E-state index < -0.39 is 0 Å². The van der Waals surface area contributed by atoms with Crippen molar-refractivity contribution in [1.82, 2.24) is 0 Å². The van der Waals surface area contributed by atoms with Crippen molar-refractivity contribution in [3.8, 4) is 5.75 Å². The van der Waals surface area contributed by atoms with Crippen LogP contribution >= 0.6 is 0 Å². The van der Waals surface area contributed by atoms with Crippen molar-refractivity contribution < 1.29 is 5.11 Å². The van der Waals surface area contributed by atoms with E-state index in [2.05, 4.69) is 13.5 Å². The Morgan fingerprint density at radius 1 is 1.57 bits per heavy atom. The lowest BCUT2D eigenvalue weighted by atomic mass is 9.98. The SMILES string of the molecule is C=C[C@@H](N)c1cc(CC)cc(C)c1O. The molecule has 0 spiro atoms. The molecule has 0 amide bonds. The number of rotatable bonds is 3. The minimum atomic E-state index is -0.291. The number of aromatic hydroxyl groups is 1. The third-order valence-electron chi connectivity index (χ3n) is 2.41. The zero-order valence-corrected chi connectivity index (χ0v) is 8.75. The molecule has 1 aromatic carbocycles. The summed E-state index contributed by atoms with van der Waals surface area (Å²) in [7, 11) is 0. The maximum absolute atomic E-state index is 9.79. The molecule has 0 aliphatic rings. The van der Waals surface area contributed by atoms with Gasteiger partial charge in [0.15, 0.2) is 0 Å². The molecular weight excluding hydrogens is 174 g/mol. The smallest absolute Gasteiger partial charge is 0.123 e. The highest BCUT2D eigenvalue weighted by molar-refractivity contribution is 5.45. The fourth-order valence-corrected chi connectivity index (χ4v) is 1.47. The fourth-order valence-electron chi connectivity index (χ4n) is 1.47. The van der Waals surface area contributed by atoms with Gasteiger partial charge in [0.1, 0.15) is 5.75 Å². The summed E-state index contributed by atoms with van der Waals surface area (Å²) in [4.78, 5) is 0. The van der Waals surface area contributed by atoms with E-state index in [1.165, 1.54) is 5.56 Å². The Hall–Kier alpha value is -1.28. The van der Waals surface area contributed by atoms with Crippen molar-refractivity contribution in [1.29, 1.82) is 0 Å².